The molecule has 0 spiro atoms. The van der Waals surface area contributed by atoms with Gasteiger partial charge in [0.25, 0.3) is 5.56 Å². The molecule has 0 bridgehead atoms. The first-order valence-electron chi connectivity index (χ1n) is 9.33. The second kappa shape index (κ2) is 7.02. The van der Waals surface area contributed by atoms with Crippen molar-refractivity contribution in [1.82, 2.24) is 14.1 Å². The van der Waals surface area contributed by atoms with E-state index in [1.165, 1.54) is 10.9 Å². The van der Waals surface area contributed by atoms with E-state index in [-0.39, 0.29) is 11.6 Å². The molecule has 28 heavy (non-hydrogen) atoms. The minimum Gasteiger partial charge on any atom is -0.398 e. The van der Waals surface area contributed by atoms with Crippen molar-refractivity contribution in [3.8, 4) is 6.07 Å². The normalized spacial score (nSPS) is 17.0. The van der Waals surface area contributed by atoms with Gasteiger partial charge in [-0.3, -0.25) is 4.79 Å². The molecule has 2 aromatic heterocycles. The first-order valence-corrected chi connectivity index (χ1v) is 9.33. The van der Waals surface area contributed by atoms with Crippen LogP contribution in [0.5, 0.6) is 0 Å². The summed E-state index contributed by atoms with van der Waals surface area (Å²) in [4.78, 5) is 19.5. The van der Waals surface area contributed by atoms with Crippen LogP contribution in [-0.4, -0.2) is 33.2 Å². The molecule has 1 fully saturated rings. The Morgan fingerprint density at radius 1 is 1.36 bits per heavy atom. The van der Waals surface area contributed by atoms with Gasteiger partial charge >= 0.3 is 0 Å². The number of rotatable bonds is 3. The number of fused-ring (bicyclic) bond motifs is 1. The molecule has 0 aliphatic carbocycles. The number of nitrogen functional groups attached to an aromatic ring is 1. The molecule has 3 aromatic rings. The lowest BCUT2D eigenvalue weighted by Crippen LogP contribution is -2.44. The molecular formula is C20H23N7O. The summed E-state index contributed by atoms with van der Waals surface area (Å²) in [5, 5.41) is 9.91. The molecule has 8 nitrogen and oxygen atoms in total. The van der Waals surface area contributed by atoms with E-state index in [2.05, 4.69) is 16.0 Å². The molecule has 144 valence electrons. The van der Waals surface area contributed by atoms with Crippen LogP contribution >= 0.6 is 0 Å². The summed E-state index contributed by atoms with van der Waals surface area (Å²) in [7, 11) is 1.66. The second-order valence-corrected chi connectivity index (χ2v) is 7.30. The number of anilines is 2. The van der Waals surface area contributed by atoms with Gasteiger partial charge in [0.05, 0.1) is 12.9 Å². The zero-order chi connectivity index (χ0) is 19.8. The molecular weight excluding hydrogens is 354 g/mol. The third kappa shape index (κ3) is 2.90. The summed E-state index contributed by atoms with van der Waals surface area (Å²) in [6, 6.07) is 9.85. The maximum atomic E-state index is 13.0. The van der Waals surface area contributed by atoms with E-state index in [1.807, 2.05) is 28.8 Å². The Labute approximate surface area is 162 Å². The number of nitrogens with two attached hydrogens (primary N) is 2. The van der Waals surface area contributed by atoms with E-state index >= 15 is 0 Å². The molecule has 1 atom stereocenters. The molecule has 1 aromatic carbocycles. The number of aromatic nitrogens is 3. The third-order valence-electron chi connectivity index (χ3n) is 5.35. The molecule has 8 heteroatoms. The maximum absolute atomic E-state index is 13.0. The number of aryl methyl sites for hydroxylation is 1. The van der Waals surface area contributed by atoms with E-state index in [0.29, 0.717) is 41.2 Å². The van der Waals surface area contributed by atoms with E-state index in [4.69, 9.17) is 11.5 Å². The van der Waals surface area contributed by atoms with Crippen molar-refractivity contribution in [2.45, 2.75) is 25.4 Å². The zero-order valence-corrected chi connectivity index (χ0v) is 15.8. The van der Waals surface area contributed by atoms with Crippen LogP contribution in [0.25, 0.3) is 11.0 Å². The van der Waals surface area contributed by atoms with Crippen molar-refractivity contribution >= 4 is 22.5 Å². The van der Waals surface area contributed by atoms with Gasteiger partial charge < -0.3 is 25.5 Å². The van der Waals surface area contributed by atoms with Crippen molar-refractivity contribution in [1.29, 1.82) is 5.26 Å². The van der Waals surface area contributed by atoms with Gasteiger partial charge in [0, 0.05) is 31.9 Å². The topological polar surface area (TPSA) is 119 Å². The van der Waals surface area contributed by atoms with Crippen molar-refractivity contribution < 1.29 is 0 Å². The van der Waals surface area contributed by atoms with Crippen molar-refractivity contribution in [3.63, 3.8) is 0 Å². The molecule has 4 rings (SSSR count). The van der Waals surface area contributed by atoms with Gasteiger partial charge in [-0.1, -0.05) is 18.2 Å². The van der Waals surface area contributed by atoms with Crippen molar-refractivity contribution in [3.05, 3.63) is 52.1 Å². The first-order chi connectivity index (χ1) is 13.5. The lowest BCUT2D eigenvalue weighted by molar-refractivity contribution is 0.498. The molecule has 0 unspecified atom stereocenters. The standard InChI is InChI=1S/C20H23N7O/c1-25-12-24-17-15(9-21)19(26-8-4-6-14(22)11-26)27(18(17)20(25)28)10-13-5-2-3-7-16(13)23/h2-3,5,7,12,14H,4,6,8,10-11,22-23H2,1H3/t14-/m0/s1. The third-order valence-corrected chi connectivity index (χ3v) is 5.35. The predicted octanol–water partition coefficient (Wildman–Crippen LogP) is 1.16. The highest BCUT2D eigenvalue weighted by Crippen LogP contribution is 2.32. The first kappa shape index (κ1) is 18.1. The quantitative estimate of drug-likeness (QED) is 0.661. The predicted molar refractivity (Wildman–Crippen MR) is 109 cm³/mol. The highest BCUT2D eigenvalue weighted by Gasteiger charge is 2.28. The molecule has 0 radical (unpaired) electrons. The molecule has 3 heterocycles. The molecule has 1 saturated heterocycles. The SMILES string of the molecule is Cn1cnc2c(C#N)c(N3CCC[C@H](N)C3)n(Cc3ccccc3N)c2c1=O. The highest BCUT2D eigenvalue weighted by atomic mass is 16.1. The minimum atomic E-state index is -0.191. The van der Waals surface area contributed by atoms with Crippen LogP contribution in [0.2, 0.25) is 0 Å². The highest BCUT2D eigenvalue weighted by molar-refractivity contribution is 5.89. The lowest BCUT2D eigenvalue weighted by Gasteiger charge is -2.33. The van der Waals surface area contributed by atoms with Crippen LogP contribution in [0.15, 0.2) is 35.4 Å². The van der Waals surface area contributed by atoms with Gasteiger partial charge in [0.1, 0.15) is 28.5 Å². The van der Waals surface area contributed by atoms with Gasteiger partial charge in [-0.25, -0.2) is 4.98 Å². The van der Waals surface area contributed by atoms with E-state index in [0.717, 1.165) is 24.9 Å². The Kier molecular flexibility index (Phi) is 4.53. The number of nitriles is 1. The fraction of sp³-hybridized carbons (Fsp3) is 0.350. The van der Waals surface area contributed by atoms with Crippen LogP contribution in [0.3, 0.4) is 0 Å². The Morgan fingerprint density at radius 2 is 2.14 bits per heavy atom. The van der Waals surface area contributed by atoms with Crippen LogP contribution in [-0.2, 0) is 13.6 Å². The van der Waals surface area contributed by atoms with E-state index in [9.17, 15) is 10.1 Å². The average Bonchev–Trinajstić information content (AvgIpc) is 3.00. The fourth-order valence-corrected chi connectivity index (χ4v) is 3.94. The zero-order valence-electron chi connectivity index (χ0n) is 15.8. The second-order valence-electron chi connectivity index (χ2n) is 7.30. The number of nitrogens with zero attached hydrogens (tertiary/aromatic N) is 5. The van der Waals surface area contributed by atoms with Crippen molar-refractivity contribution in [2.24, 2.45) is 12.8 Å². The van der Waals surface area contributed by atoms with Crippen LogP contribution in [0, 0.1) is 11.3 Å². The van der Waals surface area contributed by atoms with Gasteiger partial charge in [-0.15, -0.1) is 0 Å². The van der Waals surface area contributed by atoms with E-state index < -0.39 is 0 Å². The monoisotopic (exact) mass is 377 g/mol. The largest absolute Gasteiger partial charge is 0.398 e. The average molecular weight is 377 g/mol. The Balaban J connectivity index is 2.00. The smallest absolute Gasteiger partial charge is 0.277 e. The maximum Gasteiger partial charge on any atom is 0.277 e. The van der Waals surface area contributed by atoms with Gasteiger partial charge in [0.2, 0.25) is 0 Å². The number of hydrogen-bond acceptors (Lipinski definition) is 6. The van der Waals surface area contributed by atoms with E-state index in [1.54, 1.807) is 7.05 Å². The number of benzene rings is 1. The van der Waals surface area contributed by atoms with Crippen LogP contribution in [0.1, 0.15) is 24.0 Å². The summed E-state index contributed by atoms with van der Waals surface area (Å²) in [5.41, 5.74) is 14.9. The Bertz CT molecular complexity index is 1140. The number of hydrogen-bond donors (Lipinski definition) is 2. The van der Waals surface area contributed by atoms with Crippen LogP contribution in [0.4, 0.5) is 11.5 Å². The lowest BCUT2D eigenvalue weighted by atomic mass is 10.1. The number of piperidine rings is 1. The summed E-state index contributed by atoms with van der Waals surface area (Å²) in [6.45, 7) is 1.80. The molecule has 0 amide bonds. The van der Waals surface area contributed by atoms with Crippen molar-refractivity contribution in [2.75, 3.05) is 23.7 Å². The molecule has 4 N–H and O–H groups in total. The van der Waals surface area contributed by atoms with Crippen LogP contribution < -0.4 is 21.9 Å². The summed E-state index contributed by atoms with van der Waals surface area (Å²) in [5.74, 6) is 0.701. The fourth-order valence-electron chi connectivity index (χ4n) is 3.94. The molecule has 1 aliphatic heterocycles. The summed E-state index contributed by atoms with van der Waals surface area (Å²) >= 11 is 0. The minimum absolute atomic E-state index is 0.0318. The van der Waals surface area contributed by atoms with Gasteiger partial charge in [0.15, 0.2) is 0 Å². The molecule has 1 aliphatic rings. The molecule has 0 saturated carbocycles. The summed E-state index contributed by atoms with van der Waals surface area (Å²) < 4.78 is 3.31. The Hall–Kier alpha value is -3.31. The Morgan fingerprint density at radius 3 is 2.86 bits per heavy atom. The number of para-hydroxylation sites is 1. The summed E-state index contributed by atoms with van der Waals surface area (Å²) in [6.07, 6.45) is 3.34. The van der Waals surface area contributed by atoms with Gasteiger partial charge in [-0.2, -0.15) is 5.26 Å². The van der Waals surface area contributed by atoms with Gasteiger partial charge in [-0.05, 0) is 24.5 Å².